The van der Waals surface area contributed by atoms with Crippen molar-refractivity contribution in [1.82, 2.24) is 29.5 Å². The molecule has 0 saturated carbocycles. The Kier molecular flexibility index (Phi) is 3.49. The Morgan fingerprint density at radius 1 is 1.27 bits per heavy atom. The van der Waals surface area contributed by atoms with E-state index in [1.165, 1.54) is 31.1 Å². The minimum Gasteiger partial charge on any atom is -0.317 e. The number of hydrogen-bond donors (Lipinski definition) is 1. The lowest BCUT2D eigenvalue weighted by Crippen LogP contribution is -2.16. The first-order chi connectivity index (χ1) is 10.8. The van der Waals surface area contributed by atoms with Crippen LogP contribution in [0.25, 0.3) is 5.95 Å². The molecular formula is C13H8N8O. The zero-order chi connectivity index (χ0) is 15.4. The molecule has 0 aliphatic carbocycles. The summed E-state index contributed by atoms with van der Waals surface area (Å²) in [5.41, 5.74) is 0.425. The second-order valence-corrected chi connectivity index (χ2v) is 4.06. The van der Waals surface area contributed by atoms with Gasteiger partial charge in [0.2, 0.25) is 5.95 Å². The highest BCUT2D eigenvalue weighted by molar-refractivity contribution is 6.03. The summed E-state index contributed by atoms with van der Waals surface area (Å²) < 4.78 is 1.55. The molecule has 0 saturated heterocycles. The Balaban J connectivity index is 1.89. The number of aromatic nitrogens is 6. The lowest BCUT2D eigenvalue weighted by molar-refractivity contribution is 0.102. The molecule has 106 valence electrons. The van der Waals surface area contributed by atoms with E-state index in [0.717, 1.165) is 0 Å². The highest BCUT2D eigenvalue weighted by Crippen LogP contribution is 2.13. The van der Waals surface area contributed by atoms with E-state index in [9.17, 15) is 10.1 Å². The fourth-order valence-corrected chi connectivity index (χ4v) is 1.66. The van der Waals surface area contributed by atoms with E-state index in [2.05, 4.69) is 30.2 Å². The Morgan fingerprint density at radius 3 is 2.86 bits per heavy atom. The van der Waals surface area contributed by atoms with Gasteiger partial charge in [0, 0.05) is 18.6 Å². The average molecular weight is 292 g/mol. The normalized spacial score (nSPS) is 9.95. The van der Waals surface area contributed by atoms with Crippen LogP contribution in [0.4, 0.5) is 5.69 Å². The van der Waals surface area contributed by atoms with E-state index in [0.29, 0.717) is 0 Å². The van der Waals surface area contributed by atoms with Crippen LogP contribution < -0.4 is 5.32 Å². The molecule has 0 aromatic carbocycles. The molecule has 3 aromatic heterocycles. The van der Waals surface area contributed by atoms with Crippen molar-refractivity contribution in [3.63, 3.8) is 0 Å². The highest BCUT2D eigenvalue weighted by Gasteiger charge is 2.13. The highest BCUT2D eigenvalue weighted by atomic mass is 16.1. The van der Waals surface area contributed by atoms with Gasteiger partial charge in [0.15, 0.2) is 5.69 Å². The van der Waals surface area contributed by atoms with Crippen LogP contribution in [0.1, 0.15) is 16.2 Å². The van der Waals surface area contributed by atoms with Gasteiger partial charge in [-0.2, -0.15) is 10.2 Å². The molecule has 3 aromatic rings. The molecule has 0 fully saturated rings. The standard InChI is InChI=1S/C13H8N8O/c14-5-10-11(19-12(22)9-1-2-15-7-18-9)6-17-13(20-10)21-4-3-16-8-21/h1-4,6-8H,(H,19,22). The van der Waals surface area contributed by atoms with E-state index >= 15 is 0 Å². The predicted octanol–water partition coefficient (Wildman–Crippen LogP) is 0.576. The molecule has 0 bridgehead atoms. The minimum absolute atomic E-state index is 0.0427. The van der Waals surface area contributed by atoms with Gasteiger partial charge in [-0.1, -0.05) is 0 Å². The third-order valence-electron chi connectivity index (χ3n) is 2.68. The summed E-state index contributed by atoms with van der Waals surface area (Å²) >= 11 is 0. The summed E-state index contributed by atoms with van der Waals surface area (Å²) in [7, 11) is 0. The van der Waals surface area contributed by atoms with Gasteiger partial charge in [-0.3, -0.25) is 9.36 Å². The zero-order valence-electron chi connectivity index (χ0n) is 11.1. The maximum Gasteiger partial charge on any atom is 0.274 e. The van der Waals surface area contributed by atoms with Gasteiger partial charge in [0.1, 0.15) is 24.4 Å². The minimum atomic E-state index is -0.474. The lowest BCUT2D eigenvalue weighted by Gasteiger charge is -2.07. The number of carbonyl (C=O) groups is 1. The largest absolute Gasteiger partial charge is 0.317 e. The lowest BCUT2D eigenvalue weighted by atomic mass is 10.3. The first-order valence-corrected chi connectivity index (χ1v) is 6.11. The van der Waals surface area contributed by atoms with Gasteiger partial charge in [0.05, 0.1) is 11.9 Å². The Morgan fingerprint density at radius 2 is 2.18 bits per heavy atom. The van der Waals surface area contributed by atoms with Crippen LogP contribution in [0.3, 0.4) is 0 Å². The van der Waals surface area contributed by atoms with Crippen molar-refractivity contribution in [1.29, 1.82) is 5.26 Å². The first kappa shape index (κ1) is 13.3. The Hall–Kier alpha value is -3.67. The van der Waals surface area contributed by atoms with Crippen LogP contribution in [0.2, 0.25) is 0 Å². The SMILES string of the molecule is N#Cc1nc(-n2ccnc2)ncc1NC(=O)c1ccncn1. The first-order valence-electron chi connectivity index (χ1n) is 6.11. The maximum atomic E-state index is 12.0. The number of nitriles is 1. The molecule has 0 spiro atoms. The molecule has 9 nitrogen and oxygen atoms in total. The second kappa shape index (κ2) is 5.76. The van der Waals surface area contributed by atoms with E-state index in [1.807, 2.05) is 6.07 Å². The maximum absolute atomic E-state index is 12.0. The number of rotatable bonds is 3. The van der Waals surface area contributed by atoms with Crippen molar-refractivity contribution < 1.29 is 4.79 Å². The summed E-state index contributed by atoms with van der Waals surface area (Å²) in [6.07, 6.45) is 8.80. The van der Waals surface area contributed by atoms with Gasteiger partial charge >= 0.3 is 0 Å². The fourth-order valence-electron chi connectivity index (χ4n) is 1.66. The van der Waals surface area contributed by atoms with Gasteiger partial charge in [-0.25, -0.2) is 19.9 Å². The number of hydrogen-bond acceptors (Lipinski definition) is 7. The van der Waals surface area contributed by atoms with Crippen molar-refractivity contribution in [2.75, 3.05) is 5.32 Å². The molecule has 0 radical (unpaired) electrons. The third-order valence-corrected chi connectivity index (χ3v) is 2.68. The van der Waals surface area contributed by atoms with Gasteiger partial charge in [0.25, 0.3) is 5.91 Å². The van der Waals surface area contributed by atoms with Gasteiger partial charge < -0.3 is 5.32 Å². The van der Waals surface area contributed by atoms with Gasteiger partial charge in [-0.05, 0) is 6.07 Å². The molecule has 0 unspecified atom stereocenters. The number of imidazole rings is 1. The van der Waals surface area contributed by atoms with Crippen LogP contribution in [0.15, 0.2) is 43.5 Å². The summed E-state index contributed by atoms with van der Waals surface area (Å²) in [6, 6.07) is 3.38. The predicted molar refractivity (Wildman–Crippen MR) is 73.9 cm³/mol. The van der Waals surface area contributed by atoms with Crippen molar-refractivity contribution in [2.45, 2.75) is 0 Å². The number of nitrogens with one attached hydrogen (secondary N) is 1. The number of anilines is 1. The second-order valence-electron chi connectivity index (χ2n) is 4.06. The summed E-state index contributed by atoms with van der Waals surface area (Å²) in [5, 5.41) is 11.7. The molecule has 0 atom stereocenters. The average Bonchev–Trinajstić information content (AvgIpc) is 3.10. The molecule has 3 heterocycles. The van der Waals surface area contributed by atoms with Crippen molar-refractivity contribution >= 4 is 11.6 Å². The van der Waals surface area contributed by atoms with E-state index in [1.54, 1.807) is 17.0 Å². The molecule has 1 N–H and O–H groups in total. The van der Waals surface area contributed by atoms with Crippen molar-refractivity contribution in [3.8, 4) is 12.0 Å². The van der Waals surface area contributed by atoms with E-state index < -0.39 is 5.91 Å². The Bertz CT molecular complexity index is 838. The molecule has 1 amide bonds. The zero-order valence-corrected chi connectivity index (χ0v) is 11.1. The van der Waals surface area contributed by atoms with E-state index in [-0.39, 0.29) is 23.0 Å². The number of amides is 1. The van der Waals surface area contributed by atoms with Crippen LogP contribution in [0, 0.1) is 11.3 Å². The van der Waals surface area contributed by atoms with Crippen LogP contribution in [-0.2, 0) is 0 Å². The fraction of sp³-hybridized carbons (Fsp3) is 0. The van der Waals surface area contributed by atoms with Crippen LogP contribution >= 0.6 is 0 Å². The van der Waals surface area contributed by atoms with Crippen LogP contribution in [-0.4, -0.2) is 35.4 Å². The number of nitrogens with zero attached hydrogens (tertiary/aromatic N) is 7. The van der Waals surface area contributed by atoms with Crippen molar-refractivity contribution in [2.24, 2.45) is 0 Å². The molecule has 22 heavy (non-hydrogen) atoms. The molecule has 0 aliphatic heterocycles. The smallest absolute Gasteiger partial charge is 0.274 e. The summed E-state index contributed by atoms with van der Waals surface area (Å²) in [4.78, 5) is 31.6. The van der Waals surface area contributed by atoms with Gasteiger partial charge in [-0.15, -0.1) is 0 Å². The Labute approximate surface area is 124 Å². The molecule has 9 heteroatoms. The third kappa shape index (κ3) is 2.61. The van der Waals surface area contributed by atoms with Crippen molar-refractivity contribution in [3.05, 3.63) is 54.9 Å². The molecule has 0 aliphatic rings. The van der Waals surface area contributed by atoms with E-state index in [4.69, 9.17) is 0 Å². The summed E-state index contributed by atoms with van der Waals surface area (Å²) in [5.74, 6) is -0.188. The summed E-state index contributed by atoms with van der Waals surface area (Å²) in [6.45, 7) is 0. The molecular weight excluding hydrogens is 284 g/mol. The molecule has 3 rings (SSSR count). The quantitative estimate of drug-likeness (QED) is 0.748. The topological polar surface area (TPSA) is 122 Å². The van der Waals surface area contributed by atoms with Crippen LogP contribution in [0.5, 0.6) is 0 Å². The number of carbonyl (C=O) groups excluding carboxylic acids is 1. The monoisotopic (exact) mass is 292 g/mol.